The molecule has 2 heterocycles. The molecular formula is C20H19N3O3. The van der Waals surface area contributed by atoms with Crippen LogP contribution < -0.4 is 14.8 Å². The van der Waals surface area contributed by atoms with Crippen LogP contribution in [0.3, 0.4) is 0 Å². The molecule has 0 fully saturated rings. The van der Waals surface area contributed by atoms with E-state index in [2.05, 4.69) is 16.4 Å². The number of hydrogen-bond acceptors (Lipinski definition) is 4. The van der Waals surface area contributed by atoms with E-state index in [1.54, 1.807) is 30.7 Å². The lowest BCUT2D eigenvalue weighted by molar-refractivity contribution is 0.0953. The highest BCUT2D eigenvalue weighted by Crippen LogP contribution is 2.30. The second kappa shape index (κ2) is 7.31. The summed E-state index contributed by atoms with van der Waals surface area (Å²) in [7, 11) is 0. The summed E-state index contributed by atoms with van der Waals surface area (Å²) in [5, 5.41) is 2.97. The van der Waals surface area contributed by atoms with Gasteiger partial charge in [0.05, 0.1) is 6.33 Å². The number of rotatable bonds is 5. The molecule has 0 bridgehead atoms. The average Bonchev–Trinajstić information content (AvgIpc) is 3.22. The summed E-state index contributed by atoms with van der Waals surface area (Å²) in [6, 6.07) is 13.3. The van der Waals surface area contributed by atoms with Gasteiger partial charge in [-0.1, -0.05) is 18.2 Å². The maximum atomic E-state index is 12.4. The van der Waals surface area contributed by atoms with E-state index in [0.717, 1.165) is 17.7 Å². The van der Waals surface area contributed by atoms with E-state index in [-0.39, 0.29) is 5.91 Å². The minimum absolute atomic E-state index is 0.123. The molecule has 2 aromatic carbocycles. The molecule has 132 valence electrons. The molecule has 3 aromatic rings. The van der Waals surface area contributed by atoms with E-state index in [1.807, 2.05) is 29.0 Å². The first-order valence-electron chi connectivity index (χ1n) is 8.55. The second-order valence-electron chi connectivity index (χ2n) is 5.96. The quantitative estimate of drug-likeness (QED) is 0.769. The molecule has 1 N–H and O–H groups in total. The molecule has 0 spiro atoms. The molecule has 1 amide bonds. The molecule has 0 saturated heterocycles. The smallest absolute Gasteiger partial charge is 0.251 e. The summed E-state index contributed by atoms with van der Waals surface area (Å²) in [6.45, 7) is 1.58. The van der Waals surface area contributed by atoms with Gasteiger partial charge in [-0.05, 0) is 36.2 Å². The van der Waals surface area contributed by atoms with Gasteiger partial charge in [0, 0.05) is 30.2 Å². The first kappa shape index (κ1) is 16.2. The zero-order chi connectivity index (χ0) is 17.8. The third-order valence-corrected chi connectivity index (χ3v) is 4.26. The normalized spacial score (nSPS) is 12.6. The SMILES string of the molecule is O=C(NCCc1ccccc1-n1ccnc1)c1ccc2c(c1)OCCO2. The molecule has 26 heavy (non-hydrogen) atoms. The Balaban J connectivity index is 1.40. The average molecular weight is 349 g/mol. The van der Waals surface area contributed by atoms with Gasteiger partial charge in [-0.3, -0.25) is 4.79 Å². The number of ether oxygens (including phenoxy) is 2. The third-order valence-electron chi connectivity index (χ3n) is 4.26. The molecule has 0 radical (unpaired) electrons. The monoisotopic (exact) mass is 349 g/mol. The Kier molecular flexibility index (Phi) is 4.55. The first-order valence-corrected chi connectivity index (χ1v) is 8.55. The number of carbonyl (C=O) groups is 1. The van der Waals surface area contributed by atoms with Gasteiger partial charge in [0.1, 0.15) is 13.2 Å². The van der Waals surface area contributed by atoms with Gasteiger partial charge in [-0.2, -0.15) is 0 Å². The fraction of sp³-hybridized carbons (Fsp3) is 0.200. The number of fused-ring (bicyclic) bond motifs is 1. The van der Waals surface area contributed by atoms with Crippen LogP contribution in [0.1, 0.15) is 15.9 Å². The Bertz CT molecular complexity index is 906. The van der Waals surface area contributed by atoms with Crippen molar-refractivity contribution in [2.24, 2.45) is 0 Å². The van der Waals surface area contributed by atoms with Crippen LogP contribution in [0.25, 0.3) is 5.69 Å². The lowest BCUT2D eigenvalue weighted by Crippen LogP contribution is -2.26. The standard InChI is InChI=1S/C20H19N3O3/c24-20(16-5-6-18-19(13-16)26-12-11-25-18)22-8-7-15-3-1-2-4-17(15)23-10-9-21-14-23/h1-6,9-10,13-14H,7-8,11-12H2,(H,22,24). The molecule has 6 heteroatoms. The predicted octanol–water partition coefficient (Wildman–Crippen LogP) is 2.62. The summed E-state index contributed by atoms with van der Waals surface area (Å²) in [6.07, 6.45) is 6.16. The van der Waals surface area contributed by atoms with E-state index in [9.17, 15) is 4.79 Å². The molecule has 0 aliphatic carbocycles. The van der Waals surface area contributed by atoms with Crippen LogP contribution in [0.4, 0.5) is 0 Å². The highest BCUT2D eigenvalue weighted by atomic mass is 16.6. The number of hydrogen-bond donors (Lipinski definition) is 1. The zero-order valence-corrected chi connectivity index (χ0v) is 14.2. The molecule has 1 aliphatic heterocycles. The predicted molar refractivity (Wildman–Crippen MR) is 97.0 cm³/mol. The molecule has 1 aromatic heterocycles. The van der Waals surface area contributed by atoms with Crippen molar-refractivity contribution in [2.75, 3.05) is 19.8 Å². The van der Waals surface area contributed by atoms with Crippen molar-refractivity contribution >= 4 is 5.91 Å². The first-order chi connectivity index (χ1) is 12.8. The van der Waals surface area contributed by atoms with Crippen molar-refractivity contribution in [3.63, 3.8) is 0 Å². The summed E-state index contributed by atoms with van der Waals surface area (Å²) < 4.78 is 13.0. The molecule has 0 unspecified atom stereocenters. The van der Waals surface area contributed by atoms with Gasteiger partial charge < -0.3 is 19.4 Å². The number of para-hydroxylation sites is 1. The van der Waals surface area contributed by atoms with Gasteiger partial charge in [0.15, 0.2) is 11.5 Å². The van der Waals surface area contributed by atoms with Crippen LogP contribution in [0.5, 0.6) is 11.5 Å². The van der Waals surface area contributed by atoms with Crippen molar-refractivity contribution in [1.82, 2.24) is 14.9 Å². The Labute approximate surface area is 151 Å². The van der Waals surface area contributed by atoms with Crippen LogP contribution >= 0.6 is 0 Å². The van der Waals surface area contributed by atoms with Gasteiger partial charge in [-0.15, -0.1) is 0 Å². The largest absolute Gasteiger partial charge is 0.486 e. The minimum Gasteiger partial charge on any atom is -0.486 e. The van der Waals surface area contributed by atoms with E-state index in [1.165, 1.54) is 0 Å². The van der Waals surface area contributed by atoms with Crippen molar-refractivity contribution in [2.45, 2.75) is 6.42 Å². The summed E-state index contributed by atoms with van der Waals surface area (Å²) in [5.41, 5.74) is 2.78. The molecule has 0 atom stereocenters. The van der Waals surface area contributed by atoms with Gasteiger partial charge in [-0.25, -0.2) is 4.98 Å². The molecule has 0 saturated carbocycles. The number of benzene rings is 2. The van der Waals surface area contributed by atoms with E-state index < -0.39 is 0 Å². The summed E-state index contributed by atoms with van der Waals surface area (Å²) in [5.74, 6) is 1.18. The Hall–Kier alpha value is -3.28. The number of nitrogens with one attached hydrogen (secondary N) is 1. The van der Waals surface area contributed by atoms with Crippen LogP contribution in [0, 0.1) is 0 Å². The summed E-state index contributed by atoms with van der Waals surface area (Å²) >= 11 is 0. The number of carbonyl (C=O) groups excluding carboxylic acids is 1. The molecule has 1 aliphatic rings. The molecule has 6 nitrogen and oxygen atoms in total. The van der Waals surface area contributed by atoms with E-state index in [0.29, 0.717) is 36.8 Å². The van der Waals surface area contributed by atoms with Crippen LogP contribution in [0.2, 0.25) is 0 Å². The van der Waals surface area contributed by atoms with Gasteiger partial charge in [0.2, 0.25) is 0 Å². The highest BCUT2D eigenvalue weighted by molar-refractivity contribution is 5.94. The summed E-state index contributed by atoms with van der Waals surface area (Å²) in [4.78, 5) is 16.5. The fourth-order valence-electron chi connectivity index (χ4n) is 2.97. The zero-order valence-electron chi connectivity index (χ0n) is 14.2. The molecule has 4 rings (SSSR count). The second-order valence-corrected chi connectivity index (χ2v) is 5.96. The maximum Gasteiger partial charge on any atom is 0.251 e. The van der Waals surface area contributed by atoms with Crippen molar-refractivity contribution in [3.05, 3.63) is 72.3 Å². The Morgan fingerprint density at radius 3 is 2.81 bits per heavy atom. The van der Waals surface area contributed by atoms with Gasteiger partial charge in [0.25, 0.3) is 5.91 Å². The van der Waals surface area contributed by atoms with Crippen molar-refractivity contribution < 1.29 is 14.3 Å². The number of imidazole rings is 1. The number of aromatic nitrogens is 2. The van der Waals surface area contributed by atoms with Gasteiger partial charge >= 0.3 is 0 Å². The lowest BCUT2D eigenvalue weighted by Gasteiger charge is -2.18. The number of nitrogens with zero attached hydrogens (tertiary/aromatic N) is 2. The third kappa shape index (κ3) is 3.39. The minimum atomic E-state index is -0.123. The Morgan fingerprint density at radius 1 is 1.12 bits per heavy atom. The van der Waals surface area contributed by atoms with Crippen LogP contribution in [-0.2, 0) is 6.42 Å². The Morgan fingerprint density at radius 2 is 1.96 bits per heavy atom. The van der Waals surface area contributed by atoms with E-state index in [4.69, 9.17) is 9.47 Å². The lowest BCUT2D eigenvalue weighted by atomic mass is 10.1. The number of amides is 1. The van der Waals surface area contributed by atoms with Crippen LogP contribution in [0.15, 0.2) is 61.2 Å². The fourth-order valence-corrected chi connectivity index (χ4v) is 2.97. The van der Waals surface area contributed by atoms with E-state index >= 15 is 0 Å². The highest BCUT2D eigenvalue weighted by Gasteiger charge is 2.15. The van der Waals surface area contributed by atoms with Crippen molar-refractivity contribution in [3.8, 4) is 17.2 Å². The molecular weight excluding hydrogens is 330 g/mol. The van der Waals surface area contributed by atoms with Crippen LogP contribution in [-0.4, -0.2) is 35.2 Å². The maximum absolute atomic E-state index is 12.4. The van der Waals surface area contributed by atoms with Crippen molar-refractivity contribution in [1.29, 1.82) is 0 Å². The topological polar surface area (TPSA) is 65.4 Å².